The minimum Gasteiger partial charge on any atom is -0.497 e. The third-order valence-corrected chi connectivity index (χ3v) is 3.64. The van der Waals surface area contributed by atoms with Crippen molar-refractivity contribution in [3.05, 3.63) is 71.7 Å². The van der Waals surface area contributed by atoms with E-state index >= 15 is 0 Å². The maximum atomic E-state index is 5.17. The summed E-state index contributed by atoms with van der Waals surface area (Å²) in [6.45, 7) is 3.22. The first-order valence-corrected chi connectivity index (χ1v) is 8.09. The summed E-state index contributed by atoms with van der Waals surface area (Å²) in [7, 11) is 1.66. The lowest BCUT2D eigenvalue weighted by Gasteiger charge is -2.10. The van der Waals surface area contributed by atoms with E-state index in [2.05, 4.69) is 25.6 Å². The molecule has 3 aromatic rings. The molecule has 0 spiro atoms. The molecule has 25 heavy (non-hydrogen) atoms. The fourth-order valence-corrected chi connectivity index (χ4v) is 2.35. The summed E-state index contributed by atoms with van der Waals surface area (Å²) in [4.78, 5) is 13.2. The van der Waals surface area contributed by atoms with Gasteiger partial charge in [-0.05, 0) is 36.8 Å². The van der Waals surface area contributed by atoms with E-state index < -0.39 is 0 Å². The third kappa shape index (κ3) is 4.91. The minimum atomic E-state index is 0.597. The van der Waals surface area contributed by atoms with Gasteiger partial charge in [-0.2, -0.15) is 4.98 Å². The molecule has 0 saturated heterocycles. The van der Waals surface area contributed by atoms with Crippen molar-refractivity contribution < 1.29 is 4.74 Å². The first kappa shape index (κ1) is 16.7. The molecule has 6 heteroatoms. The van der Waals surface area contributed by atoms with Crippen LogP contribution in [0.5, 0.6) is 5.75 Å². The van der Waals surface area contributed by atoms with Crippen molar-refractivity contribution in [2.45, 2.75) is 20.0 Å². The maximum Gasteiger partial charge on any atom is 0.225 e. The van der Waals surface area contributed by atoms with Gasteiger partial charge < -0.3 is 15.4 Å². The number of benzene rings is 1. The number of aryl methyl sites for hydroxylation is 1. The quantitative estimate of drug-likeness (QED) is 0.689. The fraction of sp³-hybridized carbons (Fsp3) is 0.211. The predicted molar refractivity (Wildman–Crippen MR) is 98.7 cm³/mol. The average Bonchev–Trinajstić information content (AvgIpc) is 2.66. The highest BCUT2D eigenvalue weighted by molar-refractivity contribution is 5.43. The molecule has 1 aromatic carbocycles. The monoisotopic (exact) mass is 335 g/mol. The molecule has 0 amide bonds. The van der Waals surface area contributed by atoms with Gasteiger partial charge in [0.05, 0.1) is 19.3 Å². The molecule has 0 aliphatic carbocycles. The van der Waals surface area contributed by atoms with Gasteiger partial charge in [-0.15, -0.1) is 0 Å². The zero-order valence-electron chi connectivity index (χ0n) is 14.4. The summed E-state index contributed by atoms with van der Waals surface area (Å²) in [5.41, 5.74) is 3.00. The van der Waals surface area contributed by atoms with E-state index in [1.165, 1.54) is 0 Å². The normalized spacial score (nSPS) is 10.3. The predicted octanol–water partition coefficient (Wildman–Crippen LogP) is 3.41. The van der Waals surface area contributed by atoms with Crippen molar-refractivity contribution in [1.82, 2.24) is 15.0 Å². The van der Waals surface area contributed by atoms with Crippen LogP contribution in [0.15, 0.2) is 54.7 Å². The van der Waals surface area contributed by atoms with E-state index in [4.69, 9.17) is 4.74 Å². The molecule has 6 nitrogen and oxygen atoms in total. The first-order chi connectivity index (χ1) is 12.2. The summed E-state index contributed by atoms with van der Waals surface area (Å²) in [5.74, 6) is 2.21. The van der Waals surface area contributed by atoms with E-state index in [1.54, 1.807) is 13.3 Å². The Hall–Kier alpha value is -3.15. The number of nitrogens with zero attached hydrogens (tertiary/aromatic N) is 3. The number of hydrogen-bond donors (Lipinski definition) is 2. The Morgan fingerprint density at radius 3 is 2.52 bits per heavy atom. The van der Waals surface area contributed by atoms with Crippen molar-refractivity contribution in [2.24, 2.45) is 0 Å². The van der Waals surface area contributed by atoms with Crippen molar-refractivity contribution in [1.29, 1.82) is 0 Å². The van der Waals surface area contributed by atoms with E-state index in [1.807, 2.05) is 55.5 Å². The topological polar surface area (TPSA) is 72.0 Å². The second-order valence-electron chi connectivity index (χ2n) is 5.59. The largest absolute Gasteiger partial charge is 0.497 e. The number of ether oxygens (including phenoxy) is 1. The summed E-state index contributed by atoms with van der Waals surface area (Å²) in [5, 5.41) is 6.54. The van der Waals surface area contributed by atoms with Crippen LogP contribution >= 0.6 is 0 Å². The summed E-state index contributed by atoms with van der Waals surface area (Å²) < 4.78 is 5.17. The van der Waals surface area contributed by atoms with E-state index in [9.17, 15) is 0 Å². The van der Waals surface area contributed by atoms with Crippen LogP contribution in [0.25, 0.3) is 0 Å². The summed E-state index contributed by atoms with van der Waals surface area (Å²) in [6, 6.07) is 15.7. The molecule has 0 radical (unpaired) electrons. The van der Waals surface area contributed by atoms with Crippen LogP contribution in [0.2, 0.25) is 0 Å². The molecule has 0 unspecified atom stereocenters. The number of aromatic nitrogens is 3. The molecule has 0 fully saturated rings. The second kappa shape index (κ2) is 8.10. The van der Waals surface area contributed by atoms with Crippen LogP contribution in [0.3, 0.4) is 0 Å². The molecular formula is C19H21N5O. The molecule has 0 aliphatic heterocycles. The summed E-state index contributed by atoms with van der Waals surface area (Å²) >= 11 is 0. The molecule has 0 bridgehead atoms. The van der Waals surface area contributed by atoms with Gasteiger partial charge in [0.2, 0.25) is 5.95 Å². The Morgan fingerprint density at radius 2 is 1.80 bits per heavy atom. The second-order valence-corrected chi connectivity index (χ2v) is 5.59. The van der Waals surface area contributed by atoms with E-state index in [0.717, 1.165) is 28.5 Å². The van der Waals surface area contributed by atoms with Gasteiger partial charge in [-0.3, -0.25) is 4.98 Å². The lowest BCUT2D eigenvalue weighted by atomic mass is 10.2. The number of anilines is 2. The Kier molecular flexibility index (Phi) is 5.41. The number of rotatable bonds is 7. The van der Waals surface area contributed by atoms with Gasteiger partial charge in [0.25, 0.3) is 0 Å². The average molecular weight is 335 g/mol. The Labute approximate surface area is 147 Å². The van der Waals surface area contributed by atoms with E-state index in [0.29, 0.717) is 19.0 Å². The van der Waals surface area contributed by atoms with E-state index in [-0.39, 0.29) is 0 Å². The van der Waals surface area contributed by atoms with Crippen LogP contribution in [-0.2, 0) is 13.1 Å². The lowest BCUT2D eigenvalue weighted by Crippen LogP contribution is -2.08. The Balaban J connectivity index is 1.62. The lowest BCUT2D eigenvalue weighted by molar-refractivity contribution is 0.414. The number of hydrogen-bond acceptors (Lipinski definition) is 6. The van der Waals surface area contributed by atoms with Crippen molar-refractivity contribution in [3.63, 3.8) is 0 Å². The molecule has 0 atom stereocenters. The fourth-order valence-electron chi connectivity index (χ4n) is 2.35. The van der Waals surface area contributed by atoms with Crippen LogP contribution in [0.4, 0.5) is 11.8 Å². The highest BCUT2D eigenvalue weighted by Gasteiger charge is 2.03. The van der Waals surface area contributed by atoms with Crippen LogP contribution in [0.1, 0.15) is 17.0 Å². The molecular weight excluding hydrogens is 314 g/mol. The van der Waals surface area contributed by atoms with Gasteiger partial charge in [-0.1, -0.05) is 18.2 Å². The van der Waals surface area contributed by atoms with Gasteiger partial charge in [0.1, 0.15) is 11.6 Å². The molecule has 2 heterocycles. The Bertz CT molecular complexity index is 806. The van der Waals surface area contributed by atoms with Gasteiger partial charge in [-0.25, -0.2) is 4.98 Å². The zero-order valence-corrected chi connectivity index (χ0v) is 14.4. The number of nitrogens with one attached hydrogen (secondary N) is 2. The highest BCUT2D eigenvalue weighted by Crippen LogP contribution is 2.14. The SMILES string of the molecule is COc1ccc(CNc2nc(C)cc(NCc3ccccn3)n2)cc1. The van der Waals surface area contributed by atoms with Gasteiger partial charge in [0.15, 0.2) is 0 Å². The smallest absolute Gasteiger partial charge is 0.225 e. The molecule has 2 aromatic heterocycles. The third-order valence-electron chi connectivity index (χ3n) is 3.64. The molecule has 2 N–H and O–H groups in total. The van der Waals surface area contributed by atoms with Gasteiger partial charge in [0, 0.05) is 24.5 Å². The summed E-state index contributed by atoms with van der Waals surface area (Å²) in [6.07, 6.45) is 1.78. The van der Waals surface area contributed by atoms with Crippen LogP contribution in [0, 0.1) is 6.92 Å². The van der Waals surface area contributed by atoms with Crippen molar-refractivity contribution in [2.75, 3.05) is 17.7 Å². The zero-order chi connectivity index (χ0) is 17.5. The maximum absolute atomic E-state index is 5.17. The van der Waals surface area contributed by atoms with Crippen molar-refractivity contribution >= 4 is 11.8 Å². The molecule has 3 rings (SSSR count). The first-order valence-electron chi connectivity index (χ1n) is 8.09. The molecule has 0 aliphatic rings. The van der Waals surface area contributed by atoms with Crippen LogP contribution in [-0.4, -0.2) is 22.1 Å². The Morgan fingerprint density at radius 1 is 0.960 bits per heavy atom. The molecule has 128 valence electrons. The number of pyridine rings is 1. The highest BCUT2D eigenvalue weighted by atomic mass is 16.5. The van der Waals surface area contributed by atoms with Crippen LogP contribution < -0.4 is 15.4 Å². The minimum absolute atomic E-state index is 0.597. The van der Waals surface area contributed by atoms with Gasteiger partial charge >= 0.3 is 0 Å². The van der Waals surface area contributed by atoms with Crippen molar-refractivity contribution in [3.8, 4) is 5.75 Å². The molecule has 0 saturated carbocycles. The standard InChI is InChI=1S/C19H21N5O/c1-14-11-18(21-13-16-5-3-4-10-20-16)24-19(23-14)22-12-15-6-8-17(25-2)9-7-15/h3-11H,12-13H2,1-2H3,(H2,21,22,23,24). The number of methoxy groups -OCH3 is 1.